The third kappa shape index (κ3) is 6.33. The summed E-state index contributed by atoms with van der Waals surface area (Å²) in [6.45, 7) is 5.74. The van der Waals surface area contributed by atoms with Gasteiger partial charge in [-0.1, -0.05) is 35.8 Å². The number of ether oxygens (including phenoxy) is 3. The Bertz CT molecular complexity index is 1070. The van der Waals surface area contributed by atoms with Gasteiger partial charge in [0.05, 0.1) is 7.11 Å². The lowest BCUT2D eigenvalue weighted by atomic mass is 10.0. The monoisotopic (exact) mass is 486 g/mol. The first kappa shape index (κ1) is 24.0. The quantitative estimate of drug-likeness (QED) is 0.258. The summed E-state index contributed by atoms with van der Waals surface area (Å²) in [4.78, 5) is 23.6. The number of hydrogen-bond donors (Lipinski definition) is 1. The van der Waals surface area contributed by atoms with Crippen molar-refractivity contribution < 1.29 is 23.8 Å². The first-order valence-corrected chi connectivity index (χ1v) is 10.2. The van der Waals surface area contributed by atoms with Crippen LogP contribution < -0.4 is 19.9 Å². The molecule has 2 rings (SSSR count). The van der Waals surface area contributed by atoms with Crippen LogP contribution in [0.3, 0.4) is 0 Å². The molecule has 0 aliphatic heterocycles. The van der Waals surface area contributed by atoms with Gasteiger partial charge in [-0.15, -0.1) is 0 Å². The molecular formula is C23H23BrN2O5. The number of halogens is 1. The van der Waals surface area contributed by atoms with E-state index in [1.807, 2.05) is 32.9 Å². The normalized spacial score (nSPS) is 11.1. The number of nitrogens with two attached hydrogens (primary N) is 1. The van der Waals surface area contributed by atoms with Crippen molar-refractivity contribution >= 4 is 33.9 Å². The van der Waals surface area contributed by atoms with Crippen molar-refractivity contribution in [3.63, 3.8) is 0 Å². The number of rotatable bonds is 8. The number of esters is 1. The molecule has 0 aliphatic carbocycles. The molecule has 0 aromatic heterocycles. The Morgan fingerprint density at radius 3 is 2.48 bits per heavy atom. The van der Waals surface area contributed by atoms with Gasteiger partial charge in [-0.2, -0.15) is 5.26 Å². The standard InChI is InChI=1S/C23H23BrN2O5/c1-13(2)17-10-18(24)14(3)7-20(17)30-12-22(27)31-19-6-5-15(9-21(19)29-4)8-16(11-25)23(26)28/h5-10,13H,12H2,1-4H3,(H2,26,28)/b16-8+. The van der Waals surface area contributed by atoms with Crippen LogP contribution in [0.1, 0.15) is 36.5 Å². The molecule has 2 aromatic rings. The summed E-state index contributed by atoms with van der Waals surface area (Å²) in [6, 6.07) is 10.2. The van der Waals surface area contributed by atoms with Gasteiger partial charge in [-0.05, 0) is 59.9 Å². The number of carbonyl (C=O) groups excluding carboxylic acids is 2. The van der Waals surface area contributed by atoms with Gasteiger partial charge >= 0.3 is 5.97 Å². The number of hydrogen-bond acceptors (Lipinski definition) is 6. The molecule has 0 unspecified atom stereocenters. The zero-order valence-corrected chi connectivity index (χ0v) is 19.3. The van der Waals surface area contributed by atoms with E-state index in [9.17, 15) is 9.59 Å². The molecule has 0 spiro atoms. The minimum absolute atomic E-state index is 0.182. The lowest BCUT2D eigenvalue weighted by Gasteiger charge is -2.16. The number of primary amides is 1. The molecule has 0 saturated heterocycles. The average molecular weight is 487 g/mol. The van der Waals surface area contributed by atoms with Gasteiger partial charge in [0, 0.05) is 4.47 Å². The van der Waals surface area contributed by atoms with E-state index in [0.717, 1.165) is 15.6 Å². The highest BCUT2D eigenvalue weighted by molar-refractivity contribution is 9.10. The van der Waals surface area contributed by atoms with Crippen LogP contribution in [0.4, 0.5) is 0 Å². The van der Waals surface area contributed by atoms with Crippen LogP contribution in [0, 0.1) is 18.3 Å². The SMILES string of the molecule is COc1cc(/C=C(\C#N)C(N)=O)ccc1OC(=O)COc1cc(C)c(Br)cc1C(C)C. The molecule has 2 N–H and O–H groups in total. The van der Waals surface area contributed by atoms with Crippen LogP contribution in [-0.4, -0.2) is 25.6 Å². The van der Waals surface area contributed by atoms with E-state index >= 15 is 0 Å². The molecule has 0 aliphatic rings. The molecule has 8 heteroatoms. The summed E-state index contributed by atoms with van der Waals surface area (Å²) in [7, 11) is 1.41. The van der Waals surface area contributed by atoms with E-state index < -0.39 is 11.9 Å². The predicted octanol–water partition coefficient (Wildman–Crippen LogP) is 4.27. The molecule has 0 atom stereocenters. The highest BCUT2D eigenvalue weighted by Gasteiger charge is 2.15. The molecule has 0 saturated carbocycles. The summed E-state index contributed by atoms with van der Waals surface area (Å²) in [5.41, 5.74) is 7.40. The van der Waals surface area contributed by atoms with Crippen LogP contribution in [-0.2, 0) is 9.59 Å². The molecule has 0 radical (unpaired) electrons. The first-order chi connectivity index (χ1) is 14.7. The molecular weight excluding hydrogens is 464 g/mol. The maximum Gasteiger partial charge on any atom is 0.349 e. The number of aryl methyl sites for hydroxylation is 1. The van der Waals surface area contributed by atoms with Gasteiger partial charge in [-0.25, -0.2) is 4.79 Å². The van der Waals surface area contributed by atoms with Gasteiger partial charge in [0.1, 0.15) is 17.4 Å². The third-order valence-corrected chi connectivity index (χ3v) is 5.22. The van der Waals surface area contributed by atoms with Gasteiger partial charge in [0.25, 0.3) is 5.91 Å². The number of nitriles is 1. The minimum atomic E-state index is -0.835. The van der Waals surface area contributed by atoms with Gasteiger partial charge in [0.2, 0.25) is 0 Å². The van der Waals surface area contributed by atoms with Crippen molar-refractivity contribution in [2.75, 3.05) is 13.7 Å². The van der Waals surface area contributed by atoms with Crippen LogP contribution in [0.5, 0.6) is 17.2 Å². The number of amides is 1. The highest BCUT2D eigenvalue weighted by Crippen LogP contribution is 2.33. The molecule has 1 amide bonds. The smallest absolute Gasteiger partial charge is 0.349 e. The summed E-state index contributed by atoms with van der Waals surface area (Å²) in [6.07, 6.45) is 1.32. The van der Waals surface area contributed by atoms with Crippen molar-refractivity contribution in [3.05, 3.63) is 57.1 Å². The van der Waals surface area contributed by atoms with Crippen molar-refractivity contribution in [1.29, 1.82) is 5.26 Å². The number of benzene rings is 2. The average Bonchev–Trinajstić information content (AvgIpc) is 2.72. The maximum absolute atomic E-state index is 12.4. The number of nitrogens with zero attached hydrogens (tertiary/aromatic N) is 1. The lowest BCUT2D eigenvalue weighted by molar-refractivity contribution is -0.136. The van der Waals surface area contributed by atoms with Gasteiger partial charge in [0.15, 0.2) is 18.1 Å². The molecule has 0 fully saturated rings. The summed E-state index contributed by atoms with van der Waals surface area (Å²) >= 11 is 3.51. The van der Waals surface area contributed by atoms with E-state index in [1.165, 1.54) is 25.3 Å². The fourth-order valence-corrected chi connectivity index (χ4v) is 3.08. The Morgan fingerprint density at radius 2 is 1.90 bits per heavy atom. The zero-order valence-electron chi connectivity index (χ0n) is 17.7. The summed E-state index contributed by atoms with van der Waals surface area (Å²) in [5.74, 6) is -0.171. The predicted molar refractivity (Wildman–Crippen MR) is 120 cm³/mol. The second-order valence-corrected chi connectivity index (χ2v) is 7.86. The largest absolute Gasteiger partial charge is 0.493 e. The highest BCUT2D eigenvalue weighted by atomic mass is 79.9. The Hall–Kier alpha value is -3.31. The molecule has 7 nitrogen and oxygen atoms in total. The molecule has 162 valence electrons. The Morgan fingerprint density at radius 1 is 1.19 bits per heavy atom. The van der Waals surface area contributed by atoms with Crippen LogP contribution >= 0.6 is 15.9 Å². The third-order valence-electron chi connectivity index (χ3n) is 4.37. The maximum atomic E-state index is 12.4. The van der Waals surface area contributed by atoms with Crippen molar-refractivity contribution in [1.82, 2.24) is 0 Å². The minimum Gasteiger partial charge on any atom is -0.493 e. The Labute approximate surface area is 189 Å². The second-order valence-electron chi connectivity index (χ2n) is 7.00. The van der Waals surface area contributed by atoms with E-state index in [2.05, 4.69) is 15.9 Å². The topological polar surface area (TPSA) is 112 Å². The van der Waals surface area contributed by atoms with Crippen LogP contribution in [0.2, 0.25) is 0 Å². The van der Waals surface area contributed by atoms with E-state index in [1.54, 1.807) is 12.1 Å². The van der Waals surface area contributed by atoms with Crippen LogP contribution in [0.15, 0.2) is 40.4 Å². The molecule has 0 bridgehead atoms. The van der Waals surface area contributed by atoms with Crippen molar-refractivity contribution in [2.24, 2.45) is 5.73 Å². The van der Waals surface area contributed by atoms with Gasteiger partial charge < -0.3 is 19.9 Å². The number of carbonyl (C=O) groups is 2. The molecule has 31 heavy (non-hydrogen) atoms. The van der Waals surface area contributed by atoms with Crippen molar-refractivity contribution in [3.8, 4) is 23.3 Å². The second kappa shape index (κ2) is 10.6. The van der Waals surface area contributed by atoms with Gasteiger partial charge in [-0.3, -0.25) is 4.79 Å². The molecule has 2 aromatic carbocycles. The summed E-state index contributed by atoms with van der Waals surface area (Å²) in [5, 5.41) is 8.96. The first-order valence-electron chi connectivity index (χ1n) is 9.39. The zero-order chi connectivity index (χ0) is 23.1. The summed E-state index contributed by atoms with van der Waals surface area (Å²) < 4.78 is 17.3. The van der Waals surface area contributed by atoms with E-state index in [4.69, 9.17) is 25.2 Å². The van der Waals surface area contributed by atoms with Crippen LogP contribution in [0.25, 0.3) is 6.08 Å². The fraction of sp³-hybridized carbons (Fsp3) is 0.261. The molecule has 0 heterocycles. The Kier molecular flexibility index (Phi) is 8.22. The van der Waals surface area contributed by atoms with E-state index in [0.29, 0.717) is 11.3 Å². The lowest BCUT2D eigenvalue weighted by Crippen LogP contribution is -2.18. The van der Waals surface area contributed by atoms with E-state index in [-0.39, 0.29) is 29.6 Å². The Balaban J connectivity index is 2.15. The number of methoxy groups -OCH3 is 1. The fourth-order valence-electron chi connectivity index (χ4n) is 2.72. The van der Waals surface area contributed by atoms with Crippen molar-refractivity contribution in [2.45, 2.75) is 26.7 Å².